The van der Waals surface area contributed by atoms with Crippen molar-refractivity contribution < 1.29 is 18.0 Å². The van der Waals surface area contributed by atoms with Gasteiger partial charge in [0, 0.05) is 11.9 Å². The number of thioether (sulfide) groups is 1. The number of halogens is 3. The van der Waals surface area contributed by atoms with Crippen LogP contribution in [0.25, 0.3) is 0 Å². The van der Waals surface area contributed by atoms with E-state index in [0.29, 0.717) is 17.4 Å². The molecule has 2 aromatic rings. The summed E-state index contributed by atoms with van der Waals surface area (Å²) in [4.78, 5) is 16.1. The van der Waals surface area contributed by atoms with Crippen molar-refractivity contribution in [1.82, 2.24) is 4.98 Å². The van der Waals surface area contributed by atoms with Gasteiger partial charge >= 0.3 is 6.18 Å². The maximum Gasteiger partial charge on any atom is 0.398 e. The zero-order valence-corrected chi connectivity index (χ0v) is 12.5. The maximum atomic E-state index is 12.3. The van der Waals surface area contributed by atoms with Crippen LogP contribution in [0.3, 0.4) is 0 Å². The van der Waals surface area contributed by atoms with Crippen molar-refractivity contribution in [1.29, 1.82) is 0 Å². The number of alkyl halides is 3. The number of aromatic nitrogens is 1. The highest BCUT2D eigenvalue weighted by Gasteiger charge is 2.28. The predicted molar refractivity (Wildman–Crippen MR) is 80.1 cm³/mol. The van der Waals surface area contributed by atoms with E-state index in [9.17, 15) is 18.0 Å². The fourth-order valence-corrected chi connectivity index (χ4v) is 2.42. The van der Waals surface area contributed by atoms with E-state index in [1.807, 2.05) is 19.1 Å². The fourth-order valence-electron chi connectivity index (χ4n) is 1.66. The van der Waals surface area contributed by atoms with E-state index >= 15 is 0 Å². The Morgan fingerprint density at radius 3 is 2.55 bits per heavy atom. The van der Waals surface area contributed by atoms with E-state index in [2.05, 4.69) is 10.3 Å². The fraction of sp³-hybridized carbons (Fsp3) is 0.200. The molecule has 0 atom stereocenters. The minimum atomic E-state index is -4.31. The Labute approximate surface area is 129 Å². The number of hydrogen-bond acceptors (Lipinski definition) is 3. The first-order valence-corrected chi connectivity index (χ1v) is 7.36. The second-order valence-electron chi connectivity index (χ2n) is 4.58. The Morgan fingerprint density at radius 2 is 1.91 bits per heavy atom. The molecular formula is C15H13F3N2OS. The van der Waals surface area contributed by atoms with Crippen molar-refractivity contribution in [3.63, 3.8) is 0 Å². The predicted octanol–water partition coefficient (Wildman–Crippen LogP) is 4.30. The molecule has 1 heterocycles. The number of carbonyl (C=O) groups is 1. The van der Waals surface area contributed by atoms with E-state index in [1.54, 1.807) is 12.1 Å². The molecular weight excluding hydrogens is 313 g/mol. The molecule has 0 aliphatic rings. The Kier molecular flexibility index (Phi) is 5.07. The van der Waals surface area contributed by atoms with Gasteiger partial charge in [0.05, 0.1) is 11.3 Å². The summed E-state index contributed by atoms with van der Waals surface area (Å²) < 4.78 is 36.9. The second-order valence-corrected chi connectivity index (χ2v) is 5.54. The molecule has 0 spiro atoms. The minimum Gasteiger partial charge on any atom is -0.322 e. The zero-order chi connectivity index (χ0) is 16.2. The summed E-state index contributed by atoms with van der Waals surface area (Å²) >= 11 is 0.498. The first-order chi connectivity index (χ1) is 10.3. The Hall–Kier alpha value is -2.02. The van der Waals surface area contributed by atoms with Crippen LogP contribution in [0.5, 0.6) is 0 Å². The number of rotatable bonds is 4. The molecule has 0 saturated carbocycles. The lowest BCUT2D eigenvalue weighted by Gasteiger charge is -2.10. The molecule has 0 unspecified atom stereocenters. The van der Waals surface area contributed by atoms with E-state index < -0.39 is 17.8 Å². The first kappa shape index (κ1) is 16.4. The smallest absolute Gasteiger partial charge is 0.322 e. The molecule has 0 aliphatic carbocycles. The van der Waals surface area contributed by atoms with Crippen LogP contribution >= 0.6 is 11.8 Å². The van der Waals surface area contributed by atoms with Crippen molar-refractivity contribution in [3.05, 3.63) is 53.7 Å². The molecule has 1 N–H and O–H groups in total. The molecule has 22 heavy (non-hydrogen) atoms. The number of amides is 1. The van der Waals surface area contributed by atoms with Gasteiger partial charge in [-0.05, 0) is 31.2 Å². The average molecular weight is 326 g/mol. The molecule has 0 bridgehead atoms. The standard InChI is InChI=1S/C15H13F3N2OS/c1-10-4-6-11(7-5-10)20-13(21)12-3-2-8-19-14(12)22-9-15(16,17)18/h2-8H,9H2,1H3,(H,20,21). The van der Waals surface area contributed by atoms with Gasteiger partial charge in [0.2, 0.25) is 0 Å². The van der Waals surface area contributed by atoms with Crippen molar-refractivity contribution >= 4 is 23.4 Å². The van der Waals surface area contributed by atoms with E-state index in [4.69, 9.17) is 0 Å². The van der Waals surface area contributed by atoms with Gasteiger partial charge in [0.25, 0.3) is 5.91 Å². The van der Waals surface area contributed by atoms with Crippen molar-refractivity contribution in [3.8, 4) is 0 Å². The summed E-state index contributed by atoms with van der Waals surface area (Å²) in [6.07, 6.45) is -2.95. The van der Waals surface area contributed by atoms with E-state index in [1.165, 1.54) is 18.3 Å². The van der Waals surface area contributed by atoms with Crippen LogP contribution < -0.4 is 5.32 Å². The number of anilines is 1. The lowest BCUT2D eigenvalue weighted by Crippen LogP contribution is -2.15. The third-order valence-electron chi connectivity index (χ3n) is 2.70. The molecule has 7 heteroatoms. The molecule has 116 valence electrons. The third kappa shape index (κ3) is 4.77. The quantitative estimate of drug-likeness (QED) is 0.852. The number of benzene rings is 1. The molecule has 0 aliphatic heterocycles. The van der Waals surface area contributed by atoms with Crippen LogP contribution in [0.15, 0.2) is 47.6 Å². The van der Waals surface area contributed by atoms with Gasteiger partial charge in [-0.25, -0.2) is 4.98 Å². The van der Waals surface area contributed by atoms with Crippen LogP contribution in [-0.4, -0.2) is 22.8 Å². The maximum absolute atomic E-state index is 12.3. The highest BCUT2D eigenvalue weighted by Crippen LogP contribution is 2.28. The molecule has 1 amide bonds. The lowest BCUT2D eigenvalue weighted by molar-refractivity contribution is -0.105. The molecule has 1 aromatic carbocycles. The molecule has 3 nitrogen and oxygen atoms in total. The van der Waals surface area contributed by atoms with Crippen LogP contribution in [-0.2, 0) is 0 Å². The molecule has 0 fully saturated rings. The Morgan fingerprint density at radius 1 is 1.23 bits per heavy atom. The summed E-state index contributed by atoms with van der Waals surface area (Å²) in [6.45, 7) is 1.92. The number of carbonyl (C=O) groups excluding carboxylic acids is 1. The summed E-state index contributed by atoms with van der Waals surface area (Å²) in [7, 11) is 0. The summed E-state index contributed by atoms with van der Waals surface area (Å²) in [6, 6.07) is 10.1. The second kappa shape index (κ2) is 6.83. The minimum absolute atomic E-state index is 0.0597. The molecule has 2 rings (SSSR count). The van der Waals surface area contributed by atoms with Crippen LogP contribution in [0.2, 0.25) is 0 Å². The summed E-state index contributed by atoms with van der Waals surface area (Å²) in [5.41, 5.74) is 1.74. The number of pyridine rings is 1. The Bertz CT molecular complexity index is 657. The highest BCUT2D eigenvalue weighted by molar-refractivity contribution is 7.99. The molecule has 0 radical (unpaired) electrons. The van der Waals surface area contributed by atoms with Gasteiger partial charge < -0.3 is 5.32 Å². The third-order valence-corrected chi connectivity index (χ3v) is 3.77. The normalized spacial score (nSPS) is 11.3. The number of nitrogens with one attached hydrogen (secondary N) is 1. The number of aryl methyl sites for hydroxylation is 1. The monoisotopic (exact) mass is 326 g/mol. The van der Waals surface area contributed by atoms with Gasteiger partial charge in [0.15, 0.2) is 0 Å². The SMILES string of the molecule is Cc1ccc(NC(=O)c2cccnc2SCC(F)(F)F)cc1. The molecule has 0 saturated heterocycles. The molecule has 1 aromatic heterocycles. The summed E-state index contributed by atoms with van der Waals surface area (Å²) in [5, 5.41) is 2.71. The highest BCUT2D eigenvalue weighted by atomic mass is 32.2. The van der Waals surface area contributed by atoms with E-state index in [0.717, 1.165) is 5.56 Å². The van der Waals surface area contributed by atoms with Crippen LogP contribution in [0.1, 0.15) is 15.9 Å². The van der Waals surface area contributed by atoms with Crippen molar-refractivity contribution in [2.24, 2.45) is 0 Å². The number of nitrogens with zero attached hydrogens (tertiary/aromatic N) is 1. The number of hydrogen-bond donors (Lipinski definition) is 1. The Balaban J connectivity index is 2.13. The lowest BCUT2D eigenvalue weighted by atomic mass is 10.2. The van der Waals surface area contributed by atoms with Crippen LogP contribution in [0, 0.1) is 6.92 Å². The largest absolute Gasteiger partial charge is 0.398 e. The topological polar surface area (TPSA) is 42.0 Å². The zero-order valence-electron chi connectivity index (χ0n) is 11.6. The van der Waals surface area contributed by atoms with Crippen LogP contribution in [0.4, 0.5) is 18.9 Å². The van der Waals surface area contributed by atoms with Crippen molar-refractivity contribution in [2.75, 3.05) is 11.1 Å². The van der Waals surface area contributed by atoms with Gasteiger partial charge in [-0.2, -0.15) is 13.2 Å². The van der Waals surface area contributed by atoms with Gasteiger partial charge in [-0.3, -0.25) is 4.79 Å². The van der Waals surface area contributed by atoms with E-state index in [-0.39, 0.29) is 10.6 Å². The van der Waals surface area contributed by atoms with Crippen molar-refractivity contribution in [2.45, 2.75) is 18.1 Å². The first-order valence-electron chi connectivity index (χ1n) is 6.38. The van der Waals surface area contributed by atoms with Gasteiger partial charge in [-0.1, -0.05) is 29.5 Å². The average Bonchev–Trinajstić information content (AvgIpc) is 2.47. The summed E-state index contributed by atoms with van der Waals surface area (Å²) in [5.74, 6) is -1.57. The van der Waals surface area contributed by atoms with Gasteiger partial charge in [-0.15, -0.1) is 0 Å². The van der Waals surface area contributed by atoms with Gasteiger partial charge in [0.1, 0.15) is 5.03 Å².